The van der Waals surface area contributed by atoms with Crippen LogP contribution in [0.25, 0.3) is 6.08 Å². The third-order valence-electron chi connectivity index (χ3n) is 4.63. The van der Waals surface area contributed by atoms with E-state index >= 15 is 0 Å². The summed E-state index contributed by atoms with van der Waals surface area (Å²) in [6, 6.07) is 15.2. The van der Waals surface area contributed by atoms with E-state index < -0.39 is 0 Å². The number of rotatable bonds is 4. The molecule has 3 rings (SSSR count). The lowest BCUT2D eigenvalue weighted by molar-refractivity contribution is -0.433. The maximum atomic E-state index is 10.9. The first-order valence-electron chi connectivity index (χ1n) is 8.12. The molecule has 4 nitrogen and oxygen atoms in total. The minimum atomic E-state index is -0.363. The maximum Gasteiger partial charge on any atom is 0.270 e. The first-order valence-corrected chi connectivity index (χ1v) is 8.12. The molecular formula is C20H21N2O2+. The van der Waals surface area contributed by atoms with E-state index in [0.29, 0.717) is 0 Å². The molecule has 0 radical (unpaired) electrons. The summed E-state index contributed by atoms with van der Waals surface area (Å²) >= 11 is 0. The van der Waals surface area contributed by atoms with Gasteiger partial charge in [0.15, 0.2) is 5.71 Å². The van der Waals surface area contributed by atoms with E-state index in [2.05, 4.69) is 55.7 Å². The number of hydrogen-bond donors (Lipinski definition) is 0. The monoisotopic (exact) mass is 321 g/mol. The minimum Gasteiger partial charge on any atom is -0.258 e. The van der Waals surface area contributed by atoms with E-state index in [1.165, 1.54) is 23.0 Å². The Morgan fingerprint density at radius 2 is 1.88 bits per heavy atom. The number of hydrogen-bond acceptors (Lipinski definition) is 2. The third-order valence-corrected chi connectivity index (χ3v) is 4.63. The fourth-order valence-electron chi connectivity index (χ4n) is 3.40. The fraction of sp³-hybridized carbons (Fsp3) is 0.250. The summed E-state index contributed by atoms with van der Waals surface area (Å²) in [5, 5.41) is 10.9. The predicted molar refractivity (Wildman–Crippen MR) is 97.1 cm³/mol. The second-order valence-corrected chi connectivity index (χ2v) is 6.46. The Bertz CT molecular complexity index is 863. The second kappa shape index (κ2) is 6.04. The van der Waals surface area contributed by atoms with Gasteiger partial charge >= 0.3 is 0 Å². The Labute approximate surface area is 141 Å². The van der Waals surface area contributed by atoms with Crippen LogP contribution in [0.1, 0.15) is 31.9 Å². The Morgan fingerprint density at radius 1 is 1.12 bits per heavy atom. The van der Waals surface area contributed by atoms with Crippen molar-refractivity contribution in [2.24, 2.45) is 0 Å². The van der Waals surface area contributed by atoms with Gasteiger partial charge in [0.1, 0.15) is 6.54 Å². The van der Waals surface area contributed by atoms with Gasteiger partial charge in [-0.2, -0.15) is 4.58 Å². The number of fused-ring (bicyclic) bond motifs is 1. The Balaban J connectivity index is 2.03. The van der Waals surface area contributed by atoms with Crippen LogP contribution in [0.15, 0.2) is 54.6 Å². The Kier molecular flexibility index (Phi) is 4.06. The van der Waals surface area contributed by atoms with Crippen molar-refractivity contribution in [1.29, 1.82) is 0 Å². The molecule has 0 N–H and O–H groups in total. The molecule has 0 fully saturated rings. The quantitative estimate of drug-likeness (QED) is 0.465. The first kappa shape index (κ1) is 16.1. The first-order chi connectivity index (χ1) is 11.4. The molecule has 1 aliphatic heterocycles. The molecule has 0 saturated heterocycles. The third kappa shape index (κ3) is 2.64. The maximum absolute atomic E-state index is 10.9. The normalized spacial score (nSPS) is 15.8. The number of nitrogens with zero attached hydrogens (tertiary/aromatic N) is 2. The lowest BCUT2D eigenvalue weighted by Gasteiger charge is -2.15. The zero-order valence-corrected chi connectivity index (χ0v) is 14.2. The molecule has 0 atom stereocenters. The molecular weight excluding hydrogens is 300 g/mol. The van der Waals surface area contributed by atoms with E-state index in [-0.39, 0.29) is 16.0 Å². The standard InChI is InChI=1S/C20H21N2O2/c1-4-21-18-11-6-5-10-17(18)20(2,3)19(21)13-12-15-8-7-9-16(14-15)22(23)24/h5-14H,4H2,1-3H3/q+1. The van der Waals surface area contributed by atoms with Gasteiger partial charge in [-0.05, 0) is 32.4 Å². The smallest absolute Gasteiger partial charge is 0.258 e. The summed E-state index contributed by atoms with van der Waals surface area (Å²) in [6.45, 7) is 7.46. The average molecular weight is 321 g/mol. The van der Waals surface area contributed by atoms with Crippen molar-refractivity contribution in [2.45, 2.75) is 26.2 Å². The van der Waals surface area contributed by atoms with Crippen molar-refractivity contribution in [1.82, 2.24) is 0 Å². The highest BCUT2D eigenvalue weighted by Crippen LogP contribution is 2.39. The molecule has 0 aromatic heterocycles. The van der Waals surface area contributed by atoms with Gasteiger partial charge in [0, 0.05) is 29.8 Å². The Hall–Kier alpha value is -2.75. The highest BCUT2D eigenvalue weighted by Gasteiger charge is 2.43. The van der Waals surface area contributed by atoms with Crippen LogP contribution < -0.4 is 0 Å². The van der Waals surface area contributed by atoms with Crippen molar-refractivity contribution < 1.29 is 9.50 Å². The van der Waals surface area contributed by atoms with E-state index in [4.69, 9.17) is 0 Å². The summed E-state index contributed by atoms with van der Waals surface area (Å²) in [4.78, 5) is 10.6. The molecule has 1 heterocycles. The number of allylic oxidation sites excluding steroid dienone is 1. The molecule has 0 bridgehead atoms. The van der Waals surface area contributed by atoms with E-state index in [9.17, 15) is 10.1 Å². The number of benzene rings is 2. The predicted octanol–water partition coefficient (Wildman–Crippen LogP) is 4.70. The topological polar surface area (TPSA) is 46.1 Å². The fourth-order valence-corrected chi connectivity index (χ4v) is 3.40. The Morgan fingerprint density at radius 3 is 2.58 bits per heavy atom. The highest BCUT2D eigenvalue weighted by atomic mass is 16.6. The van der Waals surface area contributed by atoms with Gasteiger partial charge in [-0.1, -0.05) is 30.3 Å². The van der Waals surface area contributed by atoms with E-state index in [1.54, 1.807) is 12.1 Å². The van der Waals surface area contributed by atoms with Gasteiger partial charge < -0.3 is 0 Å². The number of nitro benzene ring substituents is 1. The van der Waals surface area contributed by atoms with Crippen LogP contribution in [0.3, 0.4) is 0 Å². The van der Waals surface area contributed by atoms with Crippen LogP contribution in [0.5, 0.6) is 0 Å². The molecule has 122 valence electrons. The largest absolute Gasteiger partial charge is 0.270 e. The van der Waals surface area contributed by atoms with Crippen molar-refractivity contribution >= 4 is 23.2 Å². The summed E-state index contributed by atoms with van der Waals surface area (Å²) in [7, 11) is 0. The number of non-ortho nitro benzene ring substituents is 1. The minimum absolute atomic E-state index is 0.0934. The van der Waals surface area contributed by atoms with Crippen LogP contribution in [-0.2, 0) is 5.41 Å². The summed E-state index contributed by atoms with van der Waals surface area (Å²) in [6.07, 6.45) is 4.04. The van der Waals surface area contributed by atoms with Gasteiger partial charge in [-0.15, -0.1) is 0 Å². The van der Waals surface area contributed by atoms with Gasteiger partial charge in [-0.25, -0.2) is 0 Å². The van der Waals surface area contributed by atoms with Crippen LogP contribution in [0.4, 0.5) is 11.4 Å². The van der Waals surface area contributed by atoms with Crippen molar-refractivity contribution in [3.63, 3.8) is 0 Å². The molecule has 0 amide bonds. The SMILES string of the molecule is CC[N+]1=C(C=Cc2cccc([N+](=O)[O-])c2)C(C)(C)c2ccccc21. The summed E-state index contributed by atoms with van der Waals surface area (Å²) < 4.78 is 2.31. The summed E-state index contributed by atoms with van der Waals surface area (Å²) in [5.41, 5.74) is 4.61. The molecule has 24 heavy (non-hydrogen) atoms. The van der Waals surface area contributed by atoms with Crippen molar-refractivity contribution in [2.75, 3.05) is 6.54 Å². The number of para-hydroxylation sites is 1. The van der Waals surface area contributed by atoms with Gasteiger partial charge in [0.05, 0.1) is 10.3 Å². The van der Waals surface area contributed by atoms with Crippen LogP contribution in [0, 0.1) is 10.1 Å². The van der Waals surface area contributed by atoms with E-state index in [1.807, 2.05) is 12.1 Å². The molecule has 2 aromatic carbocycles. The average Bonchev–Trinajstić information content (AvgIpc) is 2.80. The van der Waals surface area contributed by atoms with Crippen molar-refractivity contribution in [3.8, 4) is 0 Å². The highest BCUT2D eigenvalue weighted by molar-refractivity contribution is 6.05. The molecule has 0 unspecified atom stereocenters. The number of nitro groups is 1. The lowest BCUT2D eigenvalue weighted by Crippen LogP contribution is -2.27. The zero-order chi connectivity index (χ0) is 17.3. The molecule has 2 aromatic rings. The van der Waals surface area contributed by atoms with Crippen LogP contribution in [0.2, 0.25) is 0 Å². The summed E-state index contributed by atoms with van der Waals surface area (Å²) in [5.74, 6) is 0. The molecule has 0 aliphatic carbocycles. The molecule has 0 saturated carbocycles. The van der Waals surface area contributed by atoms with Crippen LogP contribution >= 0.6 is 0 Å². The lowest BCUT2D eigenvalue weighted by atomic mass is 9.81. The van der Waals surface area contributed by atoms with Gasteiger partial charge in [0.25, 0.3) is 5.69 Å². The van der Waals surface area contributed by atoms with Gasteiger partial charge in [0.2, 0.25) is 5.69 Å². The van der Waals surface area contributed by atoms with Crippen molar-refractivity contribution in [3.05, 3.63) is 75.8 Å². The molecule has 0 spiro atoms. The zero-order valence-electron chi connectivity index (χ0n) is 14.2. The molecule has 4 heteroatoms. The van der Waals surface area contributed by atoms with E-state index in [0.717, 1.165) is 12.1 Å². The van der Waals surface area contributed by atoms with Crippen LogP contribution in [-0.4, -0.2) is 21.8 Å². The van der Waals surface area contributed by atoms with Gasteiger partial charge in [-0.3, -0.25) is 10.1 Å². The second-order valence-electron chi connectivity index (χ2n) is 6.46. The molecule has 1 aliphatic rings.